The summed E-state index contributed by atoms with van der Waals surface area (Å²) < 4.78 is 27.2. The van der Waals surface area contributed by atoms with Gasteiger partial charge in [0.05, 0.1) is 18.9 Å². The minimum Gasteiger partial charge on any atom is -0.383 e. The molecular weight excluding hydrogens is 426 g/mol. The summed E-state index contributed by atoms with van der Waals surface area (Å²) in [7, 11) is -3.81. The van der Waals surface area contributed by atoms with Gasteiger partial charge in [0.1, 0.15) is 5.84 Å². The number of hydrogen-bond donors (Lipinski definition) is 3. The van der Waals surface area contributed by atoms with Crippen LogP contribution in [0.2, 0.25) is 0 Å². The predicted octanol–water partition coefficient (Wildman–Crippen LogP) is 4.21. The molecule has 29 heavy (non-hydrogen) atoms. The van der Waals surface area contributed by atoms with Gasteiger partial charge >= 0.3 is 0 Å². The van der Waals surface area contributed by atoms with Crippen molar-refractivity contribution in [3.8, 4) is 11.1 Å². The number of nitrogens with one attached hydrogen (secondary N) is 2. The molecule has 150 valence electrons. The lowest BCUT2D eigenvalue weighted by Crippen LogP contribution is -2.09. The van der Waals surface area contributed by atoms with Gasteiger partial charge in [-0.15, -0.1) is 23.1 Å². The molecule has 0 spiro atoms. The Hall–Kier alpha value is -2.62. The van der Waals surface area contributed by atoms with Crippen LogP contribution in [0.4, 0.5) is 5.69 Å². The van der Waals surface area contributed by atoms with Crippen molar-refractivity contribution in [3.63, 3.8) is 0 Å². The van der Waals surface area contributed by atoms with Crippen molar-refractivity contribution < 1.29 is 13.2 Å². The van der Waals surface area contributed by atoms with Crippen molar-refractivity contribution in [1.29, 1.82) is 5.41 Å². The van der Waals surface area contributed by atoms with E-state index in [4.69, 9.17) is 11.1 Å². The Labute approximate surface area is 177 Å². The minimum absolute atomic E-state index is 0.135. The molecule has 0 fully saturated rings. The molecule has 1 aromatic heterocycles. The maximum Gasteiger partial charge on any atom is 0.221 e. The van der Waals surface area contributed by atoms with Gasteiger partial charge in [0.2, 0.25) is 15.7 Å². The average Bonchev–Trinajstić information content (AvgIpc) is 3.14. The van der Waals surface area contributed by atoms with E-state index in [0.29, 0.717) is 20.3 Å². The summed E-state index contributed by atoms with van der Waals surface area (Å²) in [6, 6.07) is 15.3. The number of nitrogens with two attached hydrogens (primary N) is 1. The van der Waals surface area contributed by atoms with Gasteiger partial charge in [0.25, 0.3) is 0 Å². The molecule has 9 heteroatoms. The molecule has 1 amide bonds. The molecule has 0 unspecified atom stereocenters. The number of thioether (sulfide) groups is 1. The van der Waals surface area contributed by atoms with E-state index in [0.717, 1.165) is 5.56 Å². The normalized spacial score (nSPS) is 11.2. The van der Waals surface area contributed by atoms with Crippen molar-refractivity contribution in [2.75, 3.05) is 11.6 Å². The summed E-state index contributed by atoms with van der Waals surface area (Å²) in [5.41, 5.74) is 7.54. The van der Waals surface area contributed by atoms with Crippen molar-refractivity contribution in [2.45, 2.75) is 20.9 Å². The fraction of sp³-hybridized carbons (Fsp3) is 0.100. The highest BCUT2D eigenvalue weighted by Gasteiger charge is 2.25. The second-order valence-corrected chi connectivity index (χ2v) is 10.2. The quantitative estimate of drug-likeness (QED) is 0.299. The SMILES string of the molecule is CSc1sc(C(=N)N)cc1S(=O)(=O)c1cccc(-c2ccccc2NC(C)=O)c1. The molecule has 0 atom stereocenters. The Morgan fingerprint density at radius 1 is 1.14 bits per heavy atom. The number of benzene rings is 2. The number of para-hydroxylation sites is 1. The van der Waals surface area contributed by atoms with Crippen LogP contribution in [0.15, 0.2) is 68.6 Å². The first-order valence-corrected chi connectivity index (χ1v) is 12.0. The fourth-order valence-electron chi connectivity index (χ4n) is 2.81. The average molecular weight is 446 g/mol. The molecule has 3 rings (SSSR count). The third kappa shape index (κ3) is 4.36. The van der Waals surface area contributed by atoms with Crippen molar-refractivity contribution in [2.24, 2.45) is 5.73 Å². The predicted molar refractivity (Wildman–Crippen MR) is 119 cm³/mol. The number of hydrogen-bond acceptors (Lipinski definition) is 6. The van der Waals surface area contributed by atoms with Gasteiger partial charge in [-0.25, -0.2) is 8.42 Å². The van der Waals surface area contributed by atoms with Crippen LogP contribution in [0.5, 0.6) is 0 Å². The first-order valence-electron chi connectivity index (χ1n) is 8.48. The maximum atomic E-state index is 13.3. The van der Waals surface area contributed by atoms with Crippen LogP contribution in [-0.2, 0) is 14.6 Å². The van der Waals surface area contributed by atoms with Crippen LogP contribution in [0.3, 0.4) is 0 Å². The zero-order valence-corrected chi connectivity index (χ0v) is 18.2. The molecule has 0 saturated heterocycles. The second-order valence-electron chi connectivity index (χ2n) is 6.14. The van der Waals surface area contributed by atoms with Gasteiger partial charge in [-0.1, -0.05) is 30.3 Å². The minimum atomic E-state index is -3.81. The molecule has 6 nitrogen and oxygen atoms in total. The van der Waals surface area contributed by atoms with Gasteiger partial charge in [-0.2, -0.15) is 0 Å². The fourth-order valence-corrected chi connectivity index (χ4v) is 6.71. The van der Waals surface area contributed by atoms with Crippen LogP contribution in [0, 0.1) is 5.41 Å². The maximum absolute atomic E-state index is 13.3. The van der Waals surface area contributed by atoms with E-state index in [1.165, 1.54) is 42.2 Å². The lowest BCUT2D eigenvalue weighted by atomic mass is 10.0. The van der Waals surface area contributed by atoms with E-state index in [1.54, 1.807) is 36.6 Å². The Morgan fingerprint density at radius 3 is 2.52 bits per heavy atom. The summed E-state index contributed by atoms with van der Waals surface area (Å²) in [6.07, 6.45) is 1.79. The van der Waals surface area contributed by atoms with E-state index in [1.807, 2.05) is 12.1 Å². The molecule has 0 aliphatic carbocycles. The number of sulfone groups is 1. The molecule has 0 radical (unpaired) electrons. The van der Waals surface area contributed by atoms with Gasteiger partial charge in [-0.3, -0.25) is 10.2 Å². The lowest BCUT2D eigenvalue weighted by molar-refractivity contribution is -0.114. The highest BCUT2D eigenvalue weighted by atomic mass is 32.2. The van der Waals surface area contributed by atoms with E-state index < -0.39 is 9.84 Å². The number of carbonyl (C=O) groups excluding carboxylic acids is 1. The van der Waals surface area contributed by atoms with Crippen molar-refractivity contribution in [3.05, 3.63) is 59.5 Å². The lowest BCUT2D eigenvalue weighted by Gasteiger charge is -2.12. The van der Waals surface area contributed by atoms with E-state index in [2.05, 4.69) is 5.32 Å². The molecular formula is C20H19N3O3S3. The third-order valence-corrected chi connectivity index (χ3v) is 8.44. The number of carbonyl (C=O) groups is 1. The molecule has 0 saturated carbocycles. The van der Waals surface area contributed by atoms with E-state index in [9.17, 15) is 13.2 Å². The summed E-state index contributed by atoms with van der Waals surface area (Å²) >= 11 is 2.49. The summed E-state index contributed by atoms with van der Waals surface area (Å²) in [5.74, 6) is -0.370. The summed E-state index contributed by atoms with van der Waals surface area (Å²) in [4.78, 5) is 12.2. The number of anilines is 1. The highest BCUT2D eigenvalue weighted by molar-refractivity contribution is 8.01. The summed E-state index contributed by atoms with van der Waals surface area (Å²) in [6.45, 7) is 1.42. The van der Waals surface area contributed by atoms with Gasteiger partial charge < -0.3 is 11.1 Å². The number of amides is 1. The number of amidine groups is 1. The second kappa shape index (κ2) is 8.40. The first-order chi connectivity index (χ1) is 13.7. The Morgan fingerprint density at radius 2 is 1.86 bits per heavy atom. The standard InChI is InChI=1S/C20H19N3O3S3/c1-12(24)23-16-9-4-3-8-15(16)13-6-5-7-14(10-13)29(25,26)18-11-17(19(21)22)28-20(18)27-2/h3-11H,1-2H3,(H3,21,22)(H,23,24). The monoisotopic (exact) mass is 445 g/mol. The van der Waals surface area contributed by atoms with Gasteiger partial charge in [0.15, 0.2) is 0 Å². The van der Waals surface area contributed by atoms with Crippen LogP contribution < -0.4 is 11.1 Å². The Balaban J connectivity index is 2.11. The molecule has 1 heterocycles. The summed E-state index contributed by atoms with van der Waals surface area (Å²) in [5, 5.41) is 10.4. The highest BCUT2D eigenvalue weighted by Crippen LogP contribution is 2.38. The van der Waals surface area contributed by atoms with Crippen LogP contribution >= 0.6 is 23.1 Å². The molecule has 0 aliphatic heterocycles. The van der Waals surface area contributed by atoms with Crippen molar-refractivity contribution >= 4 is 50.4 Å². The number of thiophene rings is 1. The van der Waals surface area contributed by atoms with Crippen LogP contribution in [-0.4, -0.2) is 26.4 Å². The van der Waals surface area contributed by atoms with E-state index >= 15 is 0 Å². The molecule has 4 N–H and O–H groups in total. The topological polar surface area (TPSA) is 113 Å². The molecule has 0 aliphatic rings. The van der Waals surface area contributed by atoms with Gasteiger partial charge in [0, 0.05) is 18.2 Å². The molecule has 2 aromatic carbocycles. The zero-order valence-electron chi connectivity index (χ0n) is 15.7. The van der Waals surface area contributed by atoms with E-state index in [-0.39, 0.29) is 21.5 Å². The molecule has 3 aromatic rings. The number of rotatable bonds is 6. The smallest absolute Gasteiger partial charge is 0.221 e. The van der Waals surface area contributed by atoms with Crippen LogP contribution in [0.1, 0.15) is 11.8 Å². The number of nitrogen functional groups attached to an aromatic ring is 1. The third-order valence-electron chi connectivity index (χ3n) is 4.10. The zero-order chi connectivity index (χ0) is 21.2. The van der Waals surface area contributed by atoms with Crippen molar-refractivity contribution in [1.82, 2.24) is 0 Å². The Kier molecular flexibility index (Phi) is 6.11. The largest absolute Gasteiger partial charge is 0.383 e. The first kappa shape index (κ1) is 21.1. The van der Waals surface area contributed by atoms with Gasteiger partial charge in [-0.05, 0) is 36.1 Å². The Bertz CT molecular complexity index is 1200. The van der Waals surface area contributed by atoms with Crippen LogP contribution in [0.25, 0.3) is 11.1 Å². The molecule has 0 bridgehead atoms.